The fraction of sp³-hybridized carbons (Fsp3) is 0.500. The summed E-state index contributed by atoms with van der Waals surface area (Å²) < 4.78 is 53.4. The summed E-state index contributed by atoms with van der Waals surface area (Å²) in [4.78, 5) is 0. The highest BCUT2D eigenvalue weighted by Gasteiger charge is 2.27. The molecule has 0 aliphatic heterocycles. The van der Waals surface area contributed by atoms with Gasteiger partial charge in [-0.15, -0.1) is 0 Å². The van der Waals surface area contributed by atoms with Crippen molar-refractivity contribution in [1.82, 2.24) is 5.32 Å². The molecule has 0 amide bonds. The molecule has 0 aromatic heterocycles. The van der Waals surface area contributed by atoms with Crippen LogP contribution in [0, 0.1) is 5.82 Å². The van der Waals surface area contributed by atoms with E-state index in [1.807, 2.05) is 0 Å². The molecule has 1 atom stereocenters. The summed E-state index contributed by atoms with van der Waals surface area (Å²) in [5.41, 5.74) is 0.525. The average molecular weight is 300 g/mol. The molecule has 0 aliphatic rings. The van der Waals surface area contributed by atoms with Crippen molar-refractivity contribution in [1.29, 1.82) is 0 Å². The van der Waals surface area contributed by atoms with Gasteiger partial charge in [-0.2, -0.15) is 13.2 Å². The van der Waals surface area contributed by atoms with Crippen molar-refractivity contribution < 1.29 is 22.3 Å². The monoisotopic (exact) mass is 299 g/mol. The number of alkyl halides is 3. The quantitative estimate of drug-likeness (QED) is 0.815. The van der Waals surface area contributed by atoms with Crippen LogP contribution >= 0.6 is 11.6 Å². The van der Waals surface area contributed by atoms with Crippen molar-refractivity contribution in [3.05, 3.63) is 34.6 Å². The summed E-state index contributed by atoms with van der Waals surface area (Å²) >= 11 is 5.89. The molecule has 19 heavy (non-hydrogen) atoms. The van der Waals surface area contributed by atoms with Crippen LogP contribution in [0.4, 0.5) is 17.6 Å². The van der Waals surface area contributed by atoms with Gasteiger partial charge in [0, 0.05) is 11.1 Å². The SMILES string of the molecule is CNC(COCC(F)(F)F)Cc1cc(F)ccc1Cl. The summed E-state index contributed by atoms with van der Waals surface area (Å²) in [6.07, 6.45) is -4.07. The van der Waals surface area contributed by atoms with Gasteiger partial charge in [-0.3, -0.25) is 0 Å². The molecule has 1 N–H and O–H groups in total. The second-order valence-corrected chi connectivity index (χ2v) is 4.46. The smallest absolute Gasteiger partial charge is 0.370 e. The van der Waals surface area contributed by atoms with Crippen molar-refractivity contribution in [2.45, 2.75) is 18.6 Å². The zero-order valence-electron chi connectivity index (χ0n) is 10.2. The number of benzene rings is 1. The molecule has 2 nitrogen and oxygen atoms in total. The van der Waals surface area contributed by atoms with Gasteiger partial charge in [0.25, 0.3) is 0 Å². The maximum atomic E-state index is 13.1. The summed E-state index contributed by atoms with van der Waals surface area (Å²) in [6, 6.07) is 3.52. The highest BCUT2D eigenvalue weighted by atomic mass is 35.5. The van der Waals surface area contributed by atoms with Crippen LogP contribution in [-0.2, 0) is 11.2 Å². The van der Waals surface area contributed by atoms with Crippen LogP contribution < -0.4 is 5.32 Å². The van der Waals surface area contributed by atoms with Crippen molar-refractivity contribution in [3.8, 4) is 0 Å². The van der Waals surface area contributed by atoms with E-state index in [0.717, 1.165) is 0 Å². The number of hydrogen-bond acceptors (Lipinski definition) is 2. The van der Waals surface area contributed by atoms with Gasteiger partial charge in [-0.1, -0.05) is 11.6 Å². The summed E-state index contributed by atoms with van der Waals surface area (Å²) in [5, 5.41) is 3.18. The van der Waals surface area contributed by atoms with Gasteiger partial charge in [0.15, 0.2) is 0 Å². The van der Waals surface area contributed by atoms with Gasteiger partial charge in [-0.05, 0) is 37.2 Å². The topological polar surface area (TPSA) is 21.3 Å². The second-order valence-electron chi connectivity index (χ2n) is 4.06. The Morgan fingerprint density at radius 3 is 2.63 bits per heavy atom. The summed E-state index contributed by atoms with van der Waals surface area (Å²) in [7, 11) is 1.59. The Labute approximate surface area is 113 Å². The molecular formula is C12H14ClF4NO. The Morgan fingerprint density at radius 1 is 1.37 bits per heavy atom. The van der Waals surface area contributed by atoms with Crippen LogP contribution in [0.5, 0.6) is 0 Å². The number of halogens is 5. The lowest BCUT2D eigenvalue weighted by molar-refractivity contribution is -0.175. The molecule has 0 fully saturated rings. The molecule has 0 aliphatic carbocycles. The Morgan fingerprint density at radius 2 is 2.05 bits per heavy atom. The van der Waals surface area contributed by atoms with Crippen LogP contribution in [0.3, 0.4) is 0 Å². The van der Waals surface area contributed by atoms with E-state index in [0.29, 0.717) is 10.6 Å². The lowest BCUT2D eigenvalue weighted by Gasteiger charge is -2.18. The van der Waals surface area contributed by atoms with E-state index >= 15 is 0 Å². The first-order valence-corrected chi connectivity index (χ1v) is 5.95. The molecule has 1 aromatic carbocycles. The molecule has 0 bridgehead atoms. The zero-order valence-corrected chi connectivity index (χ0v) is 11.0. The number of nitrogens with one attached hydrogen (secondary N) is 1. The van der Waals surface area contributed by atoms with Crippen LogP contribution in [0.1, 0.15) is 5.56 Å². The van der Waals surface area contributed by atoms with Gasteiger partial charge in [0.1, 0.15) is 12.4 Å². The maximum Gasteiger partial charge on any atom is 0.411 e. The number of rotatable bonds is 6. The van der Waals surface area contributed by atoms with Gasteiger partial charge in [-0.25, -0.2) is 4.39 Å². The van der Waals surface area contributed by atoms with Gasteiger partial charge in [0.05, 0.1) is 6.61 Å². The van der Waals surface area contributed by atoms with Gasteiger partial charge in [0.2, 0.25) is 0 Å². The maximum absolute atomic E-state index is 13.1. The number of hydrogen-bond donors (Lipinski definition) is 1. The van der Waals surface area contributed by atoms with E-state index < -0.39 is 18.6 Å². The minimum Gasteiger partial charge on any atom is -0.370 e. The van der Waals surface area contributed by atoms with E-state index in [1.54, 1.807) is 7.05 Å². The minimum absolute atomic E-state index is 0.136. The van der Waals surface area contributed by atoms with Crippen LogP contribution in [0.15, 0.2) is 18.2 Å². The van der Waals surface area contributed by atoms with Gasteiger partial charge >= 0.3 is 6.18 Å². The summed E-state index contributed by atoms with van der Waals surface area (Å²) in [5.74, 6) is -0.439. The highest BCUT2D eigenvalue weighted by molar-refractivity contribution is 6.31. The van der Waals surface area contributed by atoms with E-state index in [4.69, 9.17) is 11.6 Å². The molecule has 1 aromatic rings. The van der Waals surface area contributed by atoms with Crippen molar-refractivity contribution in [2.75, 3.05) is 20.3 Å². The molecule has 0 heterocycles. The molecule has 0 radical (unpaired) electrons. The van der Waals surface area contributed by atoms with Crippen LogP contribution in [-0.4, -0.2) is 32.5 Å². The van der Waals surface area contributed by atoms with E-state index in [2.05, 4.69) is 10.1 Å². The zero-order chi connectivity index (χ0) is 14.5. The van der Waals surface area contributed by atoms with Crippen LogP contribution in [0.2, 0.25) is 5.02 Å². The standard InChI is InChI=1S/C12H14ClF4NO/c1-18-10(6-19-7-12(15,16)17)5-8-4-9(14)2-3-11(8)13/h2-4,10,18H,5-7H2,1H3. The molecule has 1 rings (SSSR count). The normalized spacial score (nSPS) is 13.6. The first kappa shape index (κ1) is 16.2. The lowest BCUT2D eigenvalue weighted by Crippen LogP contribution is -2.34. The molecule has 0 spiro atoms. The van der Waals surface area contributed by atoms with E-state index in [1.165, 1.54) is 18.2 Å². The van der Waals surface area contributed by atoms with E-state index in [9.17, 15) is 17.6 Å². The third kappa shape index (κ3) is 6.22. The molecular weight excluding hydrogens is 286 g/mol. The second kappa shape index (κ2) is 7.07. The number of ether oxygens (including phenoxy) is 1. The van der Waals surface area contributed by atoms with Gasteiger partial charge < -0.3 is 10.1 Å². The Balaban J connectivity index is 2.54. The lowest BCUT2D eigenvalue weighted by atomic mass is 10.1. The average Bonchev–Trinajstić information content (AvgIpc) is 2.30. The van der Waals surface area contributed by atoms with Crippen LogP contribution in [0.25, 0.3) is 0 Å². The third-order valence-corrected chi connectivity index (χ3v) is 2.84. The highest BCUT2D eigenvalue weighted by Crippen LogP contribution is 2.19. The predicted octanol–water partition coefficient (Wildman–Crippen LogP) is 3.19. The number of likely N-dealkylation sites (N-methyl/N-ethyl adjacent to an activating group) is 1. The third-order valence-electron chi connectivity index (χ3n) is 2.47. The van der Waals surface area contributed by atoms with Crippen molar-refractivity contribution >= 4 is 11.6 Å². The molecule has 0 saturated heterocycles. The fourth-order valence-corrected chi connectivity index (χ4v) is 1.72. The fourth-order valence-electron chi connectivity index (χ4n) is 1.53. The van der Waals surface area contributed by atoms with Crippen molar-refractivity contribution in [2.24, 2.45) is 0 Å². The summed E-state index contributed by atoms with van der Waals surface area (Å²) in [6.45, 7) is -1.44. The molecule has 0 saturated carbocycles. The first-order valence-electron chi connectivity index (χ1n) is 5.57. The minimum atomic E-state index is -4.35. The first-order chi connectivity index (χ1) is 8.81. The predicted molar refractivity (Wildman–Crippen MR) is 64.8 cm³/mol. The van der Waals surface area contributed by atoms with Crippen molar-refractivity contribution in [3.63, 3.8) is 0 Å². The van der Waals surface area contributed by atoms with E-state index in [-0.39, 0.29) is 19.1 Å². The Bertz CT molecular complexity index is 411. The Kier molecular flexibility index (Phi) is 6.03. The molecule has 1 unspecified atom stereocenters. The molecule has 108 valence electrons. The Hall–Kier alpha value is -0.850. The molecule has 7 heteroatoms. The largest absolute Gasteiger partial charge is 0.411 e.